The second-order valence-corrected chi connectivity index (χ2v) is 3.21. The lowest BCUT2D eigenvalue weighted by Gasteiger charge is -2.14. The molecule has 0 amide bonds. The van der Waals surface area contributed by atoms with Crippen LogP contribution in [0.15, 0.2) is 12.1 Å². The summed E-state index contributed by atoms with van der Waals surface area (Å²) in [7, 11) is 1.21. The van der Waals surface area contributed by atoms with Crippen LogP contribution in [-0.4, -0.2) is 42.3 Å². The predicted molar refractivity (Wildman–Crippen MR) is 55.9 cm³/mol. The molecule has 17 heavy (non-hydrogen) atoms. The molecule has 0 saturated carbocycles. The van der Waals surface area contributed by atoms with Crippen LogP contribution < -0.4 is 11.1 Å². The molecule has 8 heteroatoms. The first-order valence-electron chi connectivity index (χ1n) is 4.72. The standard InChI is InChI=1S/C9H12F2N4O2/c1-17-8(16)6-2-3-7(15-14-6)13-5-9(10,11)4-12/h2-3H,4-5,12H2,1H3,(H,13,15). The van der Waals surface area contributed by atoms with Crippen LogP contribution in [0, 0.1) is 0 Å². The van der Waals surface area contributed by atoms with Crippen molar-refractivity contribution in [1.29, 1.82) is 0 Å². The van der Waals surface area contributed by atoms with E-state index in [4.69, 9.17) is 5.73 Å². The van der Waals surface area contributed by atoms with Gasteiger partial charge in [-0.05, 0) is 12.1 Å². The Kier molecular flexibility index (Phi) is 4.27. The van der Waals surface area contributed by atoms with Crippen molar-refractivity contribution < 1.29 is 18.3 Å². The Bertz CT molecular complexity index is 383. The van der Waals surface area contributed by atoms with Gasteiger partial charge in [0.25, 0.3) is 5.92 Å². The van der Waals surface area contributed by atoms with Crippen LogP contribution in [0.3, 0.4) is 0 Å². The molecule has 3 N–H and O–H groups in total. The lowest BCUT2D eigenvalue weighted by molar-refractivity contribution is 0.0252. The minimum Gasteiger partial charge on any atom is -0.464 e. The first kappa shape index (κ1) is 13.2. The van der Waals surface area contributed by atoms with E-state index in [-0.39, 0.29) is 11.5 Å². The van der Waals surface area contributed by atoms with Crippen molar-refractivity contribution in [2.45, 2.75) is 5.92 Å². The third-order valence-electron chi connectivity index (χ3n) is 1.89. The molecule has 0 aliphatic rings. The van der Waals surface area contributed by atoms with Crippen molar-refractivity contribution in [2.75, 3.05) is 25.5 Å². The molecule has 0 fully saturated rings. The topological polar surface area (TPSA) is 90.1 Å². The molecular formula is C9H12F2N4O2. The minimum atomic E-state index is -3.01. The van der Waals surface area contributed by atoms with Crippen molar-refractivity contribution in [3.63, 3.8) is 0 Å². The molecule has 0 radical (unpaired) electrons. The highest BCUT2D eigenvalue weighted by Crippen LogP contribution is 2.12. The Morgan fingerprint density at radius 1 is 1.53 bits per heavy atom. The number of ether oxygens (including phenoxy) is 1. The third kappa shape index (κ3) is 3.91. The number of esters is 1. The predicted octanol–water partition coefficient (Wildman–Crippen LogP) is 0.269. The van der Waals surface area contributed by atoms with Crippen molar-refractivity contribution >= 4 is 11.8 Å². The number of methoxy groups -OCH3 is 1. The van der Waals surface area contributed by atoms with E-state index in [1.807, 2.05) is 0 Å². The molecule has 0 aliphatic heterocycles. The van der Waals surface area contributed by atoms with Crippen molar-refractivity contribution in [2.24, 2.45) is 5.73 Å². The number of nitrogens with one attached hydrogen (secondary N) is 1. The molecule has 94 valence electrons. The van der Waals surface area contributed by atoms with Crippen LogP contribution >= 0.6 is 0 Å². The molecule has 1 heterocycles. The molecule has 1 aromatic rings. The SMILES string of the molecule is COC(=O)c1ccc(NCC(F)(F)CN)nn1. The van der Waals surface area contributed by atoms with Gasteiger partial charge in [0.2, 0.25) is 0 Å². The maximum Gasteiger partial charge on any atom is 0.358 e. The highest BCUT2D eigenvalue weighted by atomic mass is 19.3. The van der Waals surface area contributed by atoms with Gasteiger partial charge in [-0.2, -0.15) is 0 Å². The number of hydrogen-bond donors (Lipinski definition) is 2. The lowest BCUT2D eigenvalue weighted by atomic mass is 10.3. The monoisotopic (exact) mass is 246 g/mol. The van der Waals surface area contributed by atoms with Gasteiger partial charge in [0, 0.05) is 0 Å². The zero-order valence-electron chi connectivity index (χ0n) is 9.11. The maximum atomic E-state index is 12.8. The van der Waals surface area contributed by atoms with Crippen LogP contribution in [0.5, 0.6) is 0 Å². The van der Waals surface area contributed by atoms with Crippen molar-refractivity contribution in [3.8, 4) is 0 Å². The molecular weight excluding hydrogens is 234 g/mol. The van der Waals surface area contributed by atoms with E-state index in [1.165, 1.54) is 19.2 Å². The average Bonchev–Trinajstić information content (AvgIpc) is 2.36. The van der Waals surface area contributed by atoms with E-state index in [2.05, 4.69) is 20.3 Å². The summed E-state index contributed by atoms with van der Waals surface area (Å²) in [6, 6.07) is 2.67. The number of anilines is 1. The summed E-state index contributed by atoms with van der Waals surface area (Å²) >= 11 is 0. The maximum absolute atomic E-state index is 12.8. The van der Waals surface area contributed by atoms with Gasteiger partial charge in [0.15, 0.2) is 5.69 Å². The number of carbonyl (C=O) groups excluding carboxylic acids is 1. The number of alkyl halides is 2. The van der Waals surface area contributed by atoms with E-state index < -0.39 is 25.0 Å². The minimum absolute atomic E-state index is 0.00337. The molecule has 0 unspecified atom stereocenters. The molecule has 0 aliphatic carbocycles. The van der Waals surface area contributed by atoms with E-state index in [0.29, 0.717) is 0 Å². The summed E-state index contributed by atoms with van der Waals surface area (Å²) in [5, 5.41) is 9.43. The molecule has 0 atom stereocenters. The largest absolute Gasteiger partial charge is 0.464 e. The van der Waals surface area contributed by atoms with Crippen LogP contribution in [-0.2, 0) is 4.74 Å². The van der Waals surface area contributed by atoms with Gasteiger partial charge in [-0.3, -0.25) is 0 Å². The number of nitrogens with zero attached hydrogens (tertiary/aromatic N) is 2. The van der Waals surface area contributed by atoms with Crippen LogP contribution in [0.2, 0.25) is 0 Å². The Labute approximate surface area is 96.2 Å². The average molecular weight is 246 g/mol. The van der Waals surface area contributed by atoms with E-state index in [9.17, 15) is 13.6 Å². The van der Waals surface area contributed by atoms with Gasteiger partial charge in [-0.15, -0.1) is 10.2 Å². The Balaban J connectivity index is 2.60. The quantitative estimate of drug-likeness (QED) is 0.725. The fourth-order valence-electron chi connectivity index (χ4n) is 0.932. The van der Waals surface area contributed by atoms with Crippen molar-refractivity contribution in [1.82, 2.24) is 10.2 Å². The molecule has 0 spiro atoms. The number of halogens is 2. The third-order valence-corrected chi connectivity index (χ3v) is 1.89. The summed E-state index contributed by atoms with van der Waals surface area (Å²) in [5.74, 6) is -3.52. The van der Waals surface area contributed by atoms with Gasteiger partial charge in [-0.25, -0.2) is 13.6 Å². The molecule has 0 saturated heterocycles. The smallest absolute Gasteiger partial charge is 0.358 e. The summed E-state index contributed by atoms with van der Waals surface area (Å²) in [4.78, 5) is 11.0. The molecule has 1 aromatic heterocycles. The van der Waals surface area contributed by atoms with Crippen LogP contribution in [0.25, 0.3) is 0 Å². The number of carbonyl (C=O) groups is 1. The molecule has 0 bridgehead atoms. The zero-order chi connectivity index (χ0) is 12.9. The molecule has 6 nitrogen and oxygen atoms in total. The number of hydrogen-bond acceptors (Lipinski definition) is 6. The summed E-state index contributed by atoms with van der Waals surface area (Å²) < 4.78 is 30.0. The van der Waals surface area contributed by atoms with Gasteiger partial charge < -0.3 is 15.8 Å². The lowest BCUT2D eigenvalue weighted by Crippen LogP contribution is -2.35. The fourth-order valence-corrected chi connectivity index (χ4v) is 0.932. The van der Waals surface area contributed by atoms with Crippen molar-refractivity contribution in [3.05, 3.63) is 17.8 Å². The first-order chi connectivity index (χ1) is 7.98. The van der Waals surface area contributed by atoms with Gasteiger partial charge in [-0.1, -0.05) is 0 Å². The summed E-state index contributed by atoms with van der Waals surface area (Å²) in [5.41, 5.74) is 4.87. The highest BCUT2D eigenvalue weighted by Gasteiger charge is 2.26. The normalized spacial score (nSPS) is 11.1. The molecule has 0 aromatic carbocycles. The Morgan fingerprint density at radius 2 is 2.24 bits per heavy atom. The van der Waals surface area contributed by atoms with E-state index in [1.54, 1.807) is 0 Å². The number of aromatic nitrogens is 2. The fraction of sp³-hybridized carbons (Fsp3) is 0.444. The zero-order valence-corrected chi connectivity index (χ0v) is 9.11. The summed E-state index contributed by atoms with van der Waals surface area (Å²) in [6.07, 6.45) is 0. The first-order valence-corrected chi connectivity index (χ1v) is 4.72. The van der Waals surface area contributed by atoms with E-state index >= 15 is 0 Å². The van der Waals surface area contributed by atoms with Gasteiger partial charge in [0.05, 0.1) is 20.2 Å². The summed E-state index contributed by atoms with van der Waals surface area (Å²) in [6.45, 7) is -1.40. The second kappa shape index (κ2) is 5.48. The van der Waals surface area contributed by atoms with Gasteiger partial charge in [0.1, 0.15) is 5.82 Å². The Hall–Kier alpha value is -1.83. The number of rotatable bonds is 5. The second-order valence-electron chi connectivity index (χ2n) is 3.21. The van der Waals surface area contributed by atoms with Crippen LogP contribution in [0.1, 0.15) is 10.5 Å². The van der Waals surface area contributed by atoms with Crippen LogP contribution in [0.4, 0.5) is 14.6 Å². The number of nitrogens with two attached hydrogens (primary N) is 1. The van der Waals surface area contributed by atoms with E-state index in [0.717, 1.165) is 0 Å². The Morgan fingerprint density at radius 3 is 2.71 bits per heavy atom. The van der Waals surface area contributed by atoms with Gasteiger partial charge >= 0.3 is 5.97 Å². The molecule has 1 rings (SSSR count). The highest BCUT2D eigenvalue weighted by molar-refractivity contribution is 5.86.